The van der Waals surface area contributed by atoms with Crippen molar-refractivity contribution in [1.29, 1.82) is 0 Å². The molecule has 0 unspecified atom stereocenters. The molecule has 1 heterocycles. The molecule has 1 aromatic heterocycles. The van der Waals surface area contributed by atoms with Gasteiger partial charge in [0.15, 0.2) is 0 Å². The van der Waals surface area contributed by atoms with Gasteiger partial charge in [-0.15, -0.1) is 0 Å². The van der Waals surface area contributed by atoms with Gasteiger partial charge in [0.25, 0.3) is 0 Å². The van der Waals surface area contributed by atoms with Gasteiger partial charge in [-0.1, -0.05) is 36.4 Å². The molecule has 0 saturated heterocycles. The van der Waals surface area contributed by atoms with Crippen molar-refractivity contribution < 1.29 is 9.53 Å². The Hall–Kier alpha value is -3.08. The van der Waals surface area contributed by atoms with Crippen LogP contribution in [0.25, 0.3) is 10.8 Å². The van der Waals surface area contributed by atoms with E-state index in [1.165, 1.54) is 0 Å². The summed E-state index contributed by atoms with van der Waals surface area (Å²) in [7, 11) is 1.54. The first-order valence-electron chi connectivity index (χ1n) is 6.82. The molecule has 0 fully saturated rings. The third kappa shape index (κ3) is 2.98. The first kappa shape index (κ1) is 13.9. The van der Waals surface area contributed by atoms with E-state index in [2.05, 4.69) is 15.6 Å². The van der Waals surface area contributed by atoms with Gasteiger partial charge in [0.05, 0.1) is 24.7 Å². The number of nitrogens with one attached hydrogen (secondary N) is 2. The minimum absolute atomic E-state index is 0.316. The molecule has 2 amide bonds. The van der Waals surface area contributed by atoms with Crippen LogP contribution in [0.3, 0.4) is 0 Å². The van der Waals surface area contributed by atoms with E-state index >= 15 is 0 Å². The number of anilines is 2. The largest absolute Gasteiger partial charge is 0.481 e. The number of pyridine rings is 1. The third-order valence-electron chi connectivity index (χ3n) is 3.24. The van der Waals surface area contributed by atoms with Gasteiger partial charge < -0.3 is 15.4 Å². The molecule has 3 rings (SSSR count). The first-order chi connectivity index (χ1) is 10.8. The number of ether oxygens (including phenoxy) is 1. The predicted octanol–water partition coefficient (Wildman–Crippen LogP) is 3.89. The van der Waals surface area contributed by atoms with Gasteiger partial charge in [-0.3, -0.25) is 0 Å². The number of methoxy groups -OCH3 is 1. The highest BCUT2D eigenvalue weighted by atomic mass is 16.5. The second kappa shape index (κ2) is 6.13. The summed E-state index contributed by atoms with van der Waals surface area (Å²) in [6.07, 6.45) is 1.54. The van der Waals surface area contributed by atoms with Crippen LogP contribution in [0.1, 0.15) is 0 Å². The molecular formula is C17H15N3O2. The molecule has 22 heavy (non-hydrogen) atoms. The summed E-state index contributed by atoms with van der Waals surface area (Å²) in [6, 6.07) is 16.8. The Morgan fingerprint density at radius 1 is 1.00 bits per heavy atom. The lowest BCUT2D eigenvalue weighted by molar-refractivity contribution is 0.262. The van der Waals surface area contributed by atoms with Crippen LogP contribution in [0.4, 0.5) is 16.2 Å². The number of carbonyl (C=O) groups is 1. The molecular weight excluding hydrogens is 278 g/mol. The van der Waals surface area contributed by atoms with Crippen molar-refractivity contribution in [3.8, 4) is 5.88 Å². The maximum absolute atomic E-state index is 12.1. The number of amides is 2. The van der Waals surface area contributed by atoms with Gasteiger partial charge >= 0.3 is 6.03 Å². The van der Waals surface area contributed by atoms with Crippen LogP contribution in [0, 0.1) is 0 Å². The van der Waals surface area contributed by atoms with Crippen molar-refractivity contribution in [2.75, 3.05) is 17.7 Å². The zero-order valence-electron chi connectivity index (χ0n) is 12.0. The average molecular weight is 293 g/mol. The molecule has 0 spiro atoms. The number of aromatic nitrogens is 1. The lowest BCUT2D eigenvalue weighted by Gasteiger charge is -2.10. The molecule has 0 atom stereocenters. The number of nitrogens with zero attached hydrogens (tertiary/aromatic N) is 1. The molecule has 110 valence electrons. The molecule has 0 aliphatic heterocycles. The van der Waals surface area contributed by atoms with Crippen LogP contribution in [-0.2, 0) is 0 Å². The van der Waals surface area contributed by atoms with Gasteiger partial charge in [-0.2, -0.15) is 0 Å². The summed E-state index contributed by atoms with van der Waals surface area (Å²) >= 11 is 0. The van der Waals surface area contributed by atoms with E-state index in [-0.39, 0.29) is 6.03 Å². The number of urea groups is 1. The van der Waals surface area contributed by atoms with Crippen molar-refractivity contribution in [3.05, 3.63) is 60.8 Å². The van der Waals surface area contributed by atoms with Crippen LogP contribution < -0.4 is 15.4 Å². The fourth-order valence-electron chi connectivity index (χ4n) is 2.19. The SMILES string of the molecule is COc1ccc(NC(=O)Nc2cccc3ccccc23)cn1. The van der Waals surface area contributed by atoms with E-state index < -0.39 is 0 Å². The topological polar surface area (TPSA) is 63.2 Å². The molecule has 3 aromatic rings. The van der Waals surface area contributed by atoms with E-state index in [1.54, 1.807) is 25.4 Å². The number of carbonyl (C=O) groups excluding carboxylic acids is 1. The summed E-state index contributed by atoms with van der Waals surface area (Å²) < 4.78 is 4.98. The molecule has 0 aliphatic carbocycles. The van der Waals surface area contributed by atoms with Crippen LogP contribution in [0.15, 0.2) is 60.8 Å². The number of rotatable bonds is 3. The van der Waals surface area contributed by atoms with Crippen LogP contribution >= 0.6 is 0 Å². The van der Waals surface area contributed by atoms with E-state index in [9.17, 15) is 4.79 Å². The van der Waals surface area contributed by atoms with Crippen LogP contribution in [0.2, 0.25) is 0 Å². The summed E-state index contributed by atoms with van der Waals surface area (Å²) in [5.41, 5.74) is 1.36. The second-order valence-corrected chi connectivity index (χ2v) is 4.70. The number of hydrogen-bond acceptors (Lipinski definition) is 3. The average Bonchev–Trinajstić information content (AvgIpc) is 2.56. The van der Waals surface area contributed by atoms with E-state index in [0.29, 0.717) is 11.6 Å². The molecule has 0 bridgehead atoms. The standard InChI is InChI=1S/C17H15N3O2/c1-22-16-10-9-13(11-18-16)19-17(21)20-15-8-4-6-12-5-2-3-7-14(12)15/h2-11H,1H3,(H2,19,20,21). The quantitative estimate of drug-likeness (QED) is 0.770. The van der Waals surface area contributed by atoms with Crippen molar-refractivity contribution in [2.45, 2.75) is 0 Å². The highest BCUT2D eigenvalue weighted by molar-refractivity contribution is 6.06. The summed E-state index contributed by atoms with van der Waals surface area (Å²) in [5.74, 6) is 0.500. The van der Waals surface area contributed by atoms with Gasteiger partial charge in [0, 0.05) is 11.5 Å². The Balaban J connectivity index is 1.75. The van der Waals surface area contributed by atoms with Gasteiger partial charge in [-0.25, -0.2) is 9.78 Å². The highest BCUT2D eigenvalue weighted by Crippen LogP contribution is 2.23. The monoisotopic (exact) mass is 293 g/mol. The Kier molecular flexibility index (Phi) is 3.87. The minimum Gasteiger partial charge on any atom is -0.481 e. The number of hydrogen-bond donors (Lipinski definition) is 2. The van der Waals surface area contributed by atoms with Crippen molar-refractivity contribution in [3.63, 3.8) is 0 Å². The zero-order valence-corrected chi connectivity index (χ0v) is 12.0. The second-order valence-electron chi connectivity index (χ2n) is 4.70. The fourth-order valence-corrected chi connectivity index (χ4v) is 2.19. The predicted molar refractivity (Wildman–Crippen MR) is 87.4 cm³/mol. The molecule has 5 nitrogen and oxygen atoms in total. The fraction of sp³-hybridized carbons (Fsp3) is 0.0588. The maximum Gasteiger partial charge on any atom is 0.323 e. The lowest BCUT2D eigenvalue weighted by atomic mass is 10.1. The number of fused-ring (bicyclic) bond motifs is 1. The van der Waals surface area contributed by atoms with E-state index in [1.807, 2.05) is 42.5 Å². The third-order valence-corrected chi connectivity index (χ3v) is 3.24. The zero-order chi connectivity index (χ0) is 15.4. The molecule has 0 radical (unpaired) electrons. The molecule has 0 saturated carbocycles. The molecule has 2 aromatic carbocycles. The van der Waals surface area contributed by atoms with Crippen LogP contribution in [-0.4, -0.2) is 18.1 Å². The Morgan fingerprint density at radius 3 is 2.59 bits per heavy atom. The van der Waals surface area contributed by atoms with Gasteiger partial charge in [0.1, 0.15) is 0 Å². The van der Waals surface area contributed by atoms with Crippen molar-refractivity contribution in [2.24, 2.45) is 0 Å². The molecule has 5 heteroatoms. The van der Waals surface area contributed by atoms with Gasteiger partial charge in [-0.05, 0) is 17.5 Å². The normalized spacial score (nSPS) is 10.2. The van der Waals surface area contributed by atoms with Crippen molar-refractivity contribution >= 4 is 28.2 Å². The van der Waals surface area contributed by atoms with Crippen LogP contribution in [0.5, 0.6) is 5.88 Å². The van der Waals surface area contributed by atoms with E-state index in [4.69, 9.17) is 4.74 Å². The lowest BCUT2D eigenvalue weighted by Crippen LogP contribution is -2.19. The molecule has 0 aliphatic rings. The first-order valence-corrected chi connectivity index (χ1v) is 6.82. The van der Waals surface area contributed by atoms with Gasteiger partial charge in [0.2, 0.25) is 5.88 Å². The smallest absolute Gasteiger partial charge is 0.323 e. The summed E-state index contributed by atoms with van der Waals surface area (Å²) in [5, 5.41) is 7.66. The minimum atomic E-state index is -0.316. The number of benzene rings is 2. The van der Waals surface area contributed by atoms with E-state index in [0.717, 1.165) is 16.5 Å². The summed E-state index contributed by atoms with van der Waals surface area (Å²) in [6.45, 7) is 0. The Bertz CT molecular complexity index is 795. The maximum atomic E-state index is 12.1. The molecule has 2 N–H and O–H groups in total. The van der Waals surface area contributed by atoms with Crippen molar-refractivity contribution in [1.82, 2.24) is 4.98 Å². The highest BCUT2D eigenvalue weighted by Gasteiger charge is 2.06. The Morgan fingerprint density at radius 2 is 1.82 bits per heavy atom. The Labute approximate surface area is 127 Å². The summed E-state index contributed by atoms with van der Waals surface area (Å²) in [4.78, 5) is 16.1.